The summed E-state index contributed by atoms with van der Waals surface area (Å²) in [5.41, 5.74) is 6.54. The molecule has 1 aliphatic rings. The maximum absolute atomic E-state index is 12.2. The highest BCUT2D eigenvalue weighted by Crippen LogP contribution is 2.26. The van der Waals surface area contributed by atoms with Crippen molar-refractivity contribution in [2.45, 2.75) is 32.1 Å². The maximum Gasteiger partial charge on any atom is 0.222 e. The average Bonchev–Trinajstić information content (AvgIpc) is 2.55. The van der Waals surface area contributed by atoms with Gasteiger partial charge in [-0.15, -0.1) is 0 Å². The number of halogens is 1. The first-order valence-electron chi connectivity index (χ1n) is 8.19. The summed E-state index contributed by atoms with van der Waals surface area (Å²) in [5.74, 6) is 0.284. The molecule has 1 fully saturated rings. The van der Waals surface area contributed by atoms with E-state index in [0.29, 0.717) is 6.42 Å². The molecule has 1 amide bonds. The molecule has 0 saturated carbocycles. The monoisotopic (exact) mass is 323 g/mol. The van der Waals surface area contributed by atoms with Gasteiger partial charge in [-0.1, -0.05) is 36.6 Å². The Morgan fingerprint density at radius 1 is 1.05 bits per heavy atom. The maximum atomic E-state index is 12.2. The van der Waals surface area contributed by atoms with E-state index in [1.807, 2.05) is 29.2 Å². The van der Waals surface area contributed by atoms with Gasteiger partial charge in [-0.3, -0.25) is 4.79 Å². The van der Waals surface area contributed by atoms with Crippen molar-refractivity contribution < 1.29 is 4.79 Å². The number of para-hydroxylation sites is 1. The van der Waals surface area contributed by atoms with Crippen LogP contribution in [0.15, 0.2) is 24.3 Å². The minimum absolute atomic E-state index is 0.284. The second kappa shape index (κ2) is 9.01. The molecule has 0 bridgehead atoms. The van der Waals surface area contributed by atoms with Crippen LogP contribution in [-0.4, -0.2) is 43.5 Å². The SMILES string of the molecule is NCCCCCCC(=O)N1CCN(c2ccccc2Cl)CC1. The Bertz CT molecular complexity index is 473. The summed E-state index contributed by atoms with van der Waals surface area (Å²) >= 11 is 6.24. The van der Waals surface area contributed by atoms with Gasteiger partial charge in [0.25, 0.3) is 0 Å². The molecule has 1 aliphatic heterocycles. The average molecular weight is 324 g/mol. The van der Waals surface area contributed by atoms with E-state index in [1.54, 1.807) is 0 Å². The van der Waals surface area contributed by atoms with Crippen molar-refractivity contribution in [2.75, 3.05) is 37.6 Å². The van der Waals surface area contributed by atoms with Crippen LogP contribution in [0, 0.1) is 0 Å². The molecule has 0 aromatic heterocycles. The van der Waals surface area contributed by atoms with Gasteiger partial charge in [0, 0.05) is 32.6 Å². The summed E-state index contributed by atoms with van der Waals surface area (Å²) < 4.78 is 0. The number of nitrogens with two attached hydrogens (primary N) is 1. The van der Waals surface area contributed by atoms with E-state index >= 15 is 0 Å². The van der Waals surface area contributed by atoms with Crippen LogP contribution in [0.1, 0.15) is 32.1 Å². The van der Waals surface area contributed by atoms with Crippen molar-refractivity contribution in [2.24, 2.45) is 5.73 Å². The third-order valence-corrected chi connectivity index (χ3v) is 4.49. The second-order valence-electron chi connectivity index (χ2n) is 5.77. The fourth-order valence-electron chi connectivity index (χ4n) is 2.84. The zero-order valence-electron chi connectivity index (χ0n) is 13.1. The van der Waals surface area contributed by atoms with Crippen LogP contribution < -0.4 is 10.6 Å². The number of carbonyl (C=O) groups is 1. The standard InChI is InChI=1S/C17H26ClN3O/c18-15-7-4-5-8-16(15)20-11-13-21(14-12-20)17(22)9-3-1-2-6-10-19/h4-5,7-8H,1-3,6,9-14,19H2. The Kier molecular flexibility index (Phi) is 7.00. The van der Waals surface area contributed by atoms with E-state index in [-0.39, 0.29) is 5.91 Å². The van der Waals surface area contributed by atoms with Gasteiger partial charge >= 0.3 is 0 Å². The third-order valence-electron chi connectivity index (χ3n) is 4.17. The highest BCUT2D eigenvalue weighted by atomic mass is 35.5. The van der Waals surface area contributed by atoms with Crippen LogP contribution in [0.2, 0.25) is 5.02 Å². The van der Waals surface area contributed by atoms with Crippen molar-refractivity contribution in [3.8, 4) is 0 Å². The molecule has 22 heavy (non-hydrogen) atoms. The van der Waals surface area contributed by atoms with Crippen LogP contribution in [0.3, 0.4) is 0 Å². The summed E-state index contributed by atoms with van der Waals surface area (Å²) in [5, 5.41) is 0.780. The van der Waals surface area contributed by atoms with Crippen molar-refractivity contribution in [1.82, 2.24) is 4.90 Å². The molecule has 2 N–H and O–H groups in total. The Balaban J connectivity index is 1.72. The highest BCUT2D eigenvalue weighted by Gasteiger charge is 2.21. The first-order valence-corrected chi connectivity index (χ1v) is 8.57. The van der Waals surface area contributed by atoms with Crippen LogP contribution in [0.5, 0.6) is 0 Å². The van der Waals surface area contributed by atoms with Crippen LogP contribution in [-0.2, 0) is 4.79 Å². The Labute approximate surface area is 138 Å². The number of amides is 1. The first kappa shape index (κ1) is 17.1. The van der Waals surface area contributed by atoms with Gasteiger partial charge in [-0.05, 0) is 31.5 Å². The lowest BCUT2D eigenvalue weighted by Crippen LogP contribution is -2.48. The minimum atomic E-state index is 0.284. The number of benzene rings is 1. The predicted octanol–water partition coefficient (Wildman–Crippen LogP) is 2.90. The normalized spacial score (nSPS) is 15.2. The van der Waals surface area contributed by atoms with Gasteiger partial charge in [0.05, 0.1) is 10.7 Å². The topological polar surface area (TPSA) is 49.6 Å². The van der Waals surface area contributed by atoms with Crippen LogP contribution in [0.4, 0.5) is 5.69 Å². The van der Waals surface area contributed by atoms with Gasteiger partial charge < -0.3 is 15.5 Å². The summed E-state index contributed by atoms with van der Waals surface area (Å²) in [6.45, 7) is 4.02. The summed E-state index contributed by atoms with van der Waals surface area (Å²) in [6, 6.07) is 7.89. The van der Waals surface area contributed by atoms with E-state index < -0.39 is 0 Å². The molecule has 4 nitrogen and oxygen atoms in total. The molecule has 0 radical (unpaired) electrons. The molecular weight excluding hydrogens is 298 g/mol. The van der Waals surface area contributed by atoms with Crippen LogP contribution in [0.25, 0.3) is 0 Å². The number of piperazine rings is 1. The number of hydrogen-bond donors (Lipinski definition) is 1. The fraction of sp³-hybridized carbons (Fsp3) is 0.588. The van der Waals surface area contributed by atoms with E-state index in [0.717, 1.165) is 69.1 Å². The molecule has 5 heteroatoms. The Morgan fingerprint density at radius 3 is 2.41 bits per heavy atom. The quantitative estimate of drug-likeness (QED) is 0.785. The summed E-state index contributed by atoms with van der Waals surface area (Å²) in [4.78, 5) is 16.4. The van der Waals surface area contributed by atoms with Gasteiger partial charge in [0.1, 0.15) is 0 Å². The number of hydrogen-bond acceptors (Lipinski definition) is 3. The van der Waals surface area contributed by atoms with Crippen molar-refractivity contribution in [1.29, 1.82) is 0 Å². The highest BCUT2D eigenvalue weighted by molar-refractivity contribution is 6.33. The Morgan fingerprint density at radius 2 is 1.73 bits per heavy atom. The van der Waals surface area contributed by atoms with Gasteiger partial charge in [-0.2, -0.15) is 0 Å². The summed E-state index contributed by atoms with van der Waals surface area (Å²) in [7, 11) is 0. The van der Waals surface area contributed by atoms with Gasteiger partial charge in [0.2, 0.25) is 5.91 Å². The first-order chi connectivity index (χ1) is 10.7. The smallest absolute Gasteiger partial charge is 0.222 e. The zero-order chi connectivity index (χ0) is 15.8. The molecule has 2 rings (SSSR count). The number of carbonyl (C=O) groups excluding carboxylic acids is 1. The second-order valence-corrected chi connectivity index (χ2v) is 6.18. The lowest BCUT2D eigenvalue weighted by molar-refractivity contribution is -0.131. The molecule has 1 saturated heterocycles. The lowest BCUT2D eigenvalue weighted by Gasteiger charge is -2.36. The number of anilines is 1. The molecule has 0 atom stereocenters. The van der Waals surface area contributed by atoms with E-state index in [1.165, 1.54) is 0 Å². The third kappa shape index (κ3) is 4.89. The largest absolute Gasteiger partial charge is 0.367 e. The molecule has 0 unspecified atom stereocenters. The summed E-state index contributed by atoms with van der Waals surface area (Å²) in [6.07, 6.45) is 4.93. The molecule has 122 valence electrons. The van der Waals surface area contributed by atoms with E-state index in [9.17, 15) is 4.79 Å². The van der Waals surface area contributed by atoms with Gasteiger partial charge in [0.15, 0.2) is 0 Å². The van der Waals surface area contributed by atoms with Crippen molar-refractivity contribution >= 4 is 23.2 Å². The minimum Gasteiger partial charge on any atom is -0.367 e. The zero-order valence-corrected chi connectivity index (χ0v) is 13.9. The molecule has 1 heterocycles. The number of rotatable bonds is 7. The number of nitrogens with zero attached hydrogens (tertiary/aromatic N) is 2. The van der Waals surface area contributed by atoms with E-state index in [4.69, 9.17) is 17.3 Å². The molecule has 1 aromatic rings. The Hall–Kier alpha value is -1.26. The van der Waals surface area contributed by atoms with Crippen molar-refractivity contribution in [3.63, 3.8) is 0 Å². The molecule has 0 aliphatic carbocycles. The molecule has 0 spiro atoms. The lowest BCUT2D eigenvalue weighted by atomic mass is 10.1. The fourth-order valence-corrected chi connectivity index (χ4v) is 3.09. The predicted molar refractivity (Wildman–Crippen MR) is 92.4 cm³/mol. The molecule has 1 aromatic carbocycles. The van der Waals surface area contributed by atoms with Gasteiger partial charge in [-0.25, -0.2) is 0 Å². The molecular formula is C17H26ClN3O. The van der Waals surface area contributed by atoms with E-state index in [2.05, 4.69) is 4.90 Å². The van der Waals surface area contributed by atoms with Crippen molar-refractivity contribution in [3.05, 3.63) is 29.3 Å². The number of unbranched alkanes of at least 4 members (excludes halogenated alkanes) is 3. The van der Waals surface area contributed by atoms with Crippen LogP contribution >= 0.6 is 11.6 Å².